The average molecular weight is 791 g/mol. The van der Waals surface area contributed by atoms with Gasteiger partial charge in [-0.3, -0.25) is 0 Å². The molecule has 1 aromatic heterocycles. The first-order chi connectivity index (χ1) is 30.2. The minimum atomic E-state index is 1.20. The summed E-state index contributed by atoms with van der Waals surface area (Å²) in [5, 5.41) is 10.4. The molecule has 11 aromatic carbocycles. The van der Waals surface area contributed by atoms with E-state index in [2.05, 4.69) is 231 Å². The fourth-order valence-electron chi connectivity index (χ4n) is 9.42. The summed E-state index contributed by atoms with van der Waals surface area (Å²) in [6.07, 6.45) is 0. The molecule has 1 heteroatoms. The molecule has 12 aromatic rings. The molecule has 0 saturated carbocycles. The van der Waals surface area contributed by atoms with Crippen LogP contribution in [0.5, 0.6) is 0 Å². The van der Waals surface area contributed by atoms with E-state index < -0.39 is 0 Å². The van der Waals surface area contributed by atoms with E-state index in [4.69, 9.17) is 0 Å². The fourth-order valence-corrected chi connectivity index (χ4v) is 10.7. The van der Waals surface area contributed by atoms with Crippen LogP contribution in [0, 0.1) is 0 Å². The molecule has 1 heterocycles. The summed E-state index contributed by atoms with van der Waals surface area (Å²) in [7, 11) is 0. The van der Waals surface area contributed by atoms with Crippen molar-refractivity contribution in [2.24, 2.45) is 0 Å². The molecule has 0 spiro atoms. The Labute approximate surface area is 359 Å². The molecule has 61 heavy (non-hydrogen) atoms. The van der Waals surface area contributed by atoms with Crippen molar-refractivity contribution in [3.63, 3.8) is 0 Å². The van der Waals surface area contributed by atoms with Gasteiger partial charge in [0, 0.05) is 20.2 Å². The molecule has 0 fully saturated rings. The van der Waals surface area contributed by atoms with Gasteiger partial charge < -0.3 is 0 Å². The molecule has 0 bridgehead atoms. The van der Waals surface area contributed by atoms with Crippen molar-refractivity contribution in [2.75, 3.05) is 0 Å². The standard InChI is InChI=1S/C60H38S/c1-2-22-53-51(20-1)52-21-3-4-23-54(52)58-38-48(32-33-55(53)58)46-17-8-13-42(35-46)40-30-28-39(29-31-40)41-12-7-14-43(34-41)44-15-9-16-45(36-44)47-18-10-19-49(37-47)50-25-11-26-57-56-24-5-6-27-59(56)61-60(50)57/h1-38H. The smallest absolute Gasteiger partial charge is 0.0433 e. The van der Waals surface area contributed by atoms with Crippen LogP contribution in [0.2, 0.25) is 0 Å². The van der Waals surface area contributed by atoms with Crippen LogP contribution in [0.3, 0.4) is 0 Å². The second-order valence-corrected chi connectivity index (χ2v) is 17.1. The highest BCUT2D eigenvalue weighted by atomic mass is 32.1. The van der Waals surface area contributed by atoms with Crippen molar-refractivity contribution in [2.45, 2.75) is 0 Å². The van der Waals surface area contributed by atoms with Crippen LogP contribution in [0.1, 0.15) is 0 Å². The molecular formula is C60H38S. The molecule has 0 nitrogen and oxygen atoms in total. The topological polar surface area (TPSA) is 0 Å². The van der Waals surface area contributed by atoms with Crippen LogP contribution in [0.25, 0.3) is 119 Å². The van der Waals surface area contributed by atoms with E-state index in [1.54, 1.807) is 0 Å². The second kappa shape index (κ2) is 14.6. The van der Waals surface area contributed by atoms with E-state index >= 15 is 0 Å². The molecular weight excluding hydrogens is 753 g/mol. The van der Waals surface area contributed by atoms with Crippen LogP contribution in [0.15, 0.2) is 231 Å². The van der Waals surface area contributed by atoms with E-state index in [-0.39, 0.29) is 0 Å². The first-order valence-electron chi connectivity index (χ1n) is 21.0. The molecule has 284 valence electrons. The summed E-state index contributed by atoms with van der Waals surface area (Å²) >= 11 is 1.88. The Balaban J connectivity index is 0.827. The van der Waals surface area contributed by atoms with Gasteiger partial charge in [0.05, 0.1) is 0 Å². The molecule has 0 unspecified atom stereocenters. The monoisotopic (exact) mass is 790 g/mol. The average Bonchev–Trinajstić information content (AvgIpc) is 3.73. The predicted molar refractivity (Wildman–Crippen MR) is 264 cm³/mol. The largest absolute Gasteiger partial charge is 0.135 e. The lowest BCUT2D eigenvalue weighted by atomic mass is 9.91. The Hall–Kier alpha value is -7.58. The number of hydrogen-bond acceptors (Lipinski definition) is 1. The molecule has 0 aliphatic rings. The minimum absolute atomic E-state index is 1.20. The maximum atomic E-state index is 2.38. The van der Waals surface area contributed by atoms with E-state index in [1.807, 2.05) is 11.3 Å². The summed E-state index contributed by atoms with van der Waals surface area (Å²) < 4.78 is 2.68. The lowest BCUT2D eigenvalue weighted by Gasteiger charge is -2.13. The van der Waals surface area contributed by atoms with Gasteiger partial charge in [-0.1, -0.05) is 194 Å². The molecule has 0 amide bonds. The summed E-state index contributed by atoms with van der Waals surface area (Å²) in [4.78, 5) is 0. The van der Waals surface area contributed by atoms with Gasteiger partial charge in [0.15, 0.2) is 0 Å². The normalized spacial score (nSPS) is 11.6. The first-order valence-corrected chi connectivity index (χ1v) is 21.8. The minimum Gasteiger partial charge on any atom is -0.135 e. The maximum Gasteiger partial charge on any atom is 0.0433 e. The Kier molecular flexibility index (Phi) is 8.47. The number of benzene rings is 11. The van der Waals surface area contributed by atoms with Crippen molar-refractivity contribution in [1.82, 2.24) is 0 Å². The molecule has 12 rings (SSSR count). The Morgan fingerprint density at radius 1 is 0.197 bits per heavy atom. The quantitative estimate of drug-likeness (QED) is 0.147. The van der Waals surface area contributed by atoms with Gasteiger partial charge in [-0.2, -0.15) is 0 Å². The zero-order valence-electron chi connectivity index (χ0n) is 33.3. The van der Waals surface area contributed by atoms with E-state index in [0.717, 1.165) is 0 Å². The van der Waals surface area contributed by atoms with Crippen molar-refractivity contribution in [1.29, 1.82) is 0 Å². The fraction of sp³-hybridized carbons (Fsp3) is 0. The highest BCUT2D eigenvalue weighted by molar-refractivity contribution is 7.26. The van der Waals surface area contributed by atoms with Gasteiger partial charge in [-0.25, -0.2) is 0 Å². The molecule has 0 aliphatic carbocycles. The van der Waals surface area contributed by atoms with Gasteiger partial charge in [0.1, 0.15) is 0 Å². The first kappa shape index (κ1) is 35.4. The van der Waals surface area contributed by atoms with Crippen LogP contribution < -0.4 is 0 Å². The molecule has 0 atom stereocenters. The van der Waals surface area contributed by atoms with Gasteiger partial charge in [0.25, 0.3) is 0 Å². The van der Waals surface area contributed by atoms with Gasteiger partial charge in [-0.05, 0) is 135 Å². The third-order valence-corrected chi connectivity index (χ3v) is 13.7. The van der Waals surface area contributed by atoms with Crippen molar-refractivity contribution in [3.8, 4) is 66.8 Å². The molecule has 0 radical (unpaired) electrons. The maximum absolute atomic E-state index is 2.38. The summed E-state index contributed by atoms with van der Waals surface area (Å²) in [6, 6.07) is 84.8. The van der Waals surface area contributed by atoms with Crippen LogP contribution in [-0.2, 0) is 0 Å². The lowest BCUT2D eigenvalue weighted by Crippen LogP contribution is -1.86. The SMILES string of the molecule is c1cc(-c2ccc(-c3cccc(-c4ccc5c6ccccc6c6ccccc6c5c4)c3)cc2)cc(-c2cccc(-c3cccc(-c4cccc5c4sc4ccccc45)c3)c2)c1. The van der Waals surface area contributed by atoms with Gasteiger partial charge >= 0.3 is 0 Å². The van der Waals surface area contributed by atoms with E-state index in [0.29, 0.717) is 0 Å². The molecule has 0 saturated heterocycles. The zero-order valence-corrected chi connectivity index (χ0v) is 34.2. The summed E-state index contributed by atoms with van der Waals surface area (Å²) in [5.74, 6) is 0. The highest BCUT2D eigenvalue weighted by Gasteiger charge is 2.13. The molecule has 0 N–H and O–H groups in total. The number of hydrogen-bond donors (Lipinski definition) is 0. The summed E-state index contributed by atoms with van der Waals surface area (Å²) in [6.45, 7) is 0. The van der Waals surface area contributed by atoms with E-state index in [1.165, 1.54) is 119 Å². The molecule has 0 aliphatic heterocycles. The highest BCUT2D eigenvalue weighted by Crippen LogP contribution is 2.42. The Morgan fingerprint density at radius 2 is 0.541 bits per heavy atom. The lowest BCUT2D eigenvalue weighted by molar-refractivity contribution is 1.56. The van der Waals surface area contributed by atoms with E-state index in [9.17, 15) is 0 Å². The zero-order chi connectivity index (χ0) is 40.3. The van der Waals surface area contributed by atoms with Crippen molar-refractivity contribution in [3.05, 3.63) is 231 Å². The van der Waals surface area contributed by atoms with Crippen molar-refractivity contribution < 1.29 is 0 Å². The summed E-state index contributed by atoms with van der Waals surface area (Å²) in [5.41, 5.74) is 14.6. The second-order valence-electron chi connectivity index (χ2n) is 16.0. The Morgan fingerprint density at radius 3 is 1.07 bits per heavy atom. The number of rotatable bonds is 6. The Bertz CT molecular complexity index is 3610. The van der Waals surface area contributed by atoms with Crippen molar-refractivity contribution >= 4 is 63.8 Å². The third-order valence-electron chi connectivity index (χ3n) is 12.5. The van der Waals surface area contributed by atoms with Gasteiger partial charge in [0.2, 0.25) is 0 Å². The number of fused-ring (bicyclic) bond motifs is 9. The van der Waals surface area contributed by atoms with Crippen LogP contribution in [0.4, 0.5) is 0 Å². The van der Waals surface area contributed by atoms with Crippen LogP contribution in [-0.4, -0.2) is 0 Å². The number of thiophene rings is 1. The predicted octanol–water partition coefficient (Wildman–Crippen LogP) is 17.5. The van der Waals surface area contributed by atoms with Crippen LogP contribution >= 0.6 is 11.3 Å². The van der Waals surface area contributed by atoms with Gasteiger partial charge in [-0.15, -0.1) is 11.3 Å². The third kappa shape index (κ3) is 6.22.